The van der Waals surface area contributed by atoms with Crippen LogP contribution < -0.4 is 0 Å². The van der Waals surface area contributed by atoms with E-state index in [1.54, 1.807) is 12.1 Å². The van der Waals surface area contributed by atoms with Crippen molar-refractivity contribution in [3.05, 3.63) is 33.8 Å². The van der Waals surface area contributed by atoms with Crippen LogP contribution in [0.3, 0.4) is 0 Å². The van der Waals surface area contributed by atoms with Gasteiger partial charge in [0.2, 0.25) is 5.91 Å². The van der Waals surface area contributed by atoms with Gasteiger partial charge in [0.1, 0.15) is 9.84 Å². The molecule has 0 unspecified atom stereocenters. The van der Waals surface area contributed by atoms with Crippen molar-refractivity contribution in [2.75, 3.05) is 50.5 Å². The molecule has 9 heteroatoms. The van der Waals surface area contributed by atoms with Gasteiger partial charge in [0.15, 0.2) is 0 Å². The standard InChI is InChI=1S/C16H22Cl2N2O3S2/c1-25(22,23)9-8-19-4-6-20(7-5-19)16(21)12-24-11-13-2-3-14(17)10-15(13)18/h2-3,10H,4-9,11-12H2,1H3. The number of thioether (sulfide) groups is 1. The van der Waals surface area contributed by atoms with Crippen molar-refractivity contribution in [1.29, 1.82) is 0 Å². The lowest BCUT2D eigenvalue weighted by molar-refractivity contribution is -0.130. The molecule has 0 spiro atoms. The fourth-order valence-corrected chi connectivity index (χ4v) is 4.57. The Bertz CT molecular complexity index is 705. The summed E-state index contributed by atoms with van der Waals surface area (Å²) in [5, 5.41) is 1.22. The van der Waals surface area contributed by atoms with Crippen LogP contribution in [0.15, 0.2) is 18.2 Å². The molecule has 2 rings (SSSR count). The molecule has 5 nitrogen and oxygen atoms in total. The normalized spacial score (nSPS) is 16.2. The minimum Gasteiger partial charge on any atom is -0.339 e. The third-order valence-corrected chi connectivity index (χ3v) is 6.48. The monoisotopic (exact) mass is 424 g/mol. The van der Waals surface area contributed by atoms with Gasteiger partial charge in [-0.2, -0.15) is 0 Å². The summed E-state index contributed by atoms with van der Waals surface area (Å²) in [6, 6.07) is 5.38. The first-order valence-corrected chi connectivity index (χ1v) is 11.9. The highest BCUT2D eigenvalue weighted by atomic mass is 35.5. The molecule has 1 amide bonds. The number of hydrogen-bond acceptors (Lipinski definition) is 5. The first kappa shape index (κ1) is 20.8. The number of amides is 1. The van der Waals surface area contributed by atoms with Gasteiger partial charge in [0, 0.05) is 54.8 Å². The lowest BCUT2D eigenvalue weighted by Gasteiger charge is -2.34. The van der Waals surface area contributed by atoms with Gasteiger partial charge in [0.25, 0.3) is 0 Å². The Balaban J connectivity index is 1.70. The first-order valence-electron chi connectivity index (χ1n) is 7.94. The van der Waals surface area contributed by atoms with Gasteiger partial charge in [-0.25, -0.2) is 8.42 Å². The molecule has 1 aliphatic heterocycles. The average molecular weight is 425 g/mol. The molecular weight excluding hydrogens is 403 g/mol. The van der Waals surface area contributed by atoms with Crippen molar-refractivity contribution in [3.63, 3.8) is 0 Å². The third kappa shape index (κ3) is 7.35. The Morgan fingerprint density at radius 1 is 1.20 bits per heavy atom. The highest BCUT2D eigenvalue weighted by Crippen LogP contribution is 2.24. The molecule has 1 heterocycles. The largest absolute Gasteiger partial charge is 0.339 e. The van der Waals surface area contributed by atoms with E-state index in [0.717, 1.165) is 18.7 Å². The van der Waals surface area contributed by atoms with Crippen LogP contribution in [0.25, 0.3) is 0 Å². The van der Waals surface area contributed by atoms with Gasteiger partial charge in [-0.3, -0.25) is 9.69 Å². The van der Waals surface area contributed by atoms with E-state index in [-0.39, 0.29) is 11.7 Å². The summed E-state index contributed by atoms with van der Waals surface area (Å²) in [7, 11) is -2.94. The zero-order valence-electron chi connectivity index (χ0n) is 14.1. The van der Waals surface area contributed by atoms with Gasteiger partial charge in [0.05, 0.1) is 11.5 Å². The van der Waals surface area contributed by atoms with Crippen LogP contribution >= 0.6 is 35.0 Å². The Morgan fingerprint density at radius 2 is 1.88 bits per heavy atom. The summed E-state index contributed by atoms with van der Waals surface area (Å²) in [4.78, 5) is 16.2. The molecule has 1 fully saturated rings. The fraction of sp³-hybridized carbons (Fsp3) is 0.562. The maximum atomic E-state index is 12.3. The summed E-state index contributed by atoms with van der Waals surface area (Å²) >= 11 is 13.5. The number of carbonyl (C=O) groups is 1. The average Bonchev–Trinajstić information content (AvgIpc) is 2.54. The molecular formula is C16H22Cl2N2O3S2. The summed E-state index contributed by atoms with van der Waals surface area (Å²) in [5.41, 5.74) is 0.967. The Kier molecular flexibility index (Phi) is 7.89. The van der Waals surface area contributed by atoms with E-state index in [2.05, 4.69) is 4.90 Å². The SMILES string of the molecule is CS(=O)(=O)CCN1CCN(C(=O)CSCc2ccc(Cl)cc2Cl)CC1. The molecule has 0 aromatic heterocycles. The lowest BCUT2D eigenvalue weighted by Crippen LogP contribution is -2.50. The lowest BCUT2D eigenvalue weighted by atomic mass is 10.2. The van der Waals surface area contributed by atoms with Crippen LogP contribution in [0.4, 0.5) is 0 Å². The van der Waals surface area contributed by atoms with Gasteiger partial charge < -0.3 is 4.90 Å². The van der Waals surface area contributed by atoms with Crippen molar-refractivity contribution in [3.8, 4) is 0 Å². The Hall–Kier alpha value is -0.470. The van der Waals surface area contributed by atoms with Crippen molar-refractivity contribution in [1.82, 2.24) is 9.80 Å². The van der Waals surface area contributed by atoms with E-state index < -0.39 is 9.84 Å². The second-order valence-electron chi connectivity index (χ2n) is 6.08. The van der Waals surface area contributed by atoms with Crippen LogP contribution in [0.2, 0.25) is 10.0 Å². The molecule has 1 aromatic carbocycles. The van der Waals surface area contributed by atoms with E-state index in [1.807, 2.05) is 11.0 Å². The van der Waals surface area contributed by atoms with E-state index in [1.165, 1.54) is 18.0 Å². The Morgan fingerprint density at radius 3 is 2.48 bits per heavy atom. The molecule has 1 aromatic rings. The molecule has 0 N–H and O–H groups in total. The van der Waals surface area contributed by atoms with Crippen molar-refractivity contribution < 1.29 is 13.2 Å². The van der Waals surface area contributed by atoms with E-state index in [4.69, 9.17) is 23.2 Å². The van der Waals surface area contributed by atoms with Crippen molar-refractivity contribution >= 4 is 50.7 Å². The van der Waals surface area contributed by atoms with Gasteiger partial charge >= 0.3 is 0 Å². The maximum Gasteiger partial charge on any atom is 0.232 e. The number of nitrogens with zero attached hydrogens (tertiary/aromatic N) is 2. The van der Waals surface area contributed by atoms with Crippen molar-refractivity contribution in [2.45, 2.75) is 5.75 Å². The molecule has 1 saturated heterocycles. The summed E-state index contributed by atoms with van der Waals surface area (Å²) in [6.45, 7) is 3.25. The highest BCUT2D eigenvalue weighted by Gasteiger charge is 2.21. The first-order chi connectivity index (χ1) is 11.7. The fourth-order valence-electron chi connectivity index (χ4n) is 2.49. The smallest absolute Gasteiger partial charge is 0.232 e. The topological polar surface area (TPSA) is 57.7 Å². The second-order valence-corrected chi connectivity index (χ2v) is 10.2. The molecule has 0 bridgehead atoms. The van der Waals surface area contributed by atoms with Crippen LogP contribution in [-0.4, -0.2) is 74.6 Å². The van der Waals surface area contributed by atoms with Gasteiger partial charge in [-0.05, 0) is 17.7 Å². The van der Waals surface area contributed by atoms with E-state index in [0.29, 0.717) is 41.2 Å². The van der Waals surface area contributed by atoms with E-state index >= 15 is 0 Å². The molecule has 0 atom stereocenters. The van der Waals surface area contributed by atoms with E-state index in [9.17, 15) is 13.2 Å². The number of hydrogen-bond donors (Lipinski definition) is 0. The van der Waals surface area contributed by atoms with Crippen LogP contribution in [0, 0.1) is 0 Å². The van der Waals surface area contributed by atoms with Crippen molar-refractivity contribution in [2.24, 2.45) is 0 Å². The molecule has 25 heavy (non-hydrogen) atoms. The van der Waals surface area contributed by atoms with Gasteiger partial charge in [-0.1, -0.05) is 29.3 Å². The molecule has 0 radical (unpaired) electrons. The quantitative estimate of drug-likeness (QED) is 0.672. The van der Waals surface area contributed by atoms with Gasteiger partial charge in [-0.15, -0.1) is 11.8 Å². The molecule has 140 valence electrons. The van der Waals surface area contributed by atoms with Crippen LogP contribution in [0.1, 0.15) is 5.56 Å². The predicted molar refractivity (Wildman–Crippen MR) is 105 cm³/mol. The molecule has 0 saturated carbocycles. The number of sulfone groups is 1. The second kappa shape index (κ2) is 9.46. The molecule has 1 aliphatic rings. The number of rotatable bonds is 7. The zero-order valence-corrected chi connectivity index (χ0v) is 17.2. The maximum absolute atomic E-state index is 12.3. The number of benzene rings is 1. The zero-order chi connectivity index (χ0) is 18.4. The third-order valence-electron chi connectivity index (χ3n) is 4.00. The Labute approximate surface area is 163 Å². The summed E-state index contributed by atoms with van der Waals surface area (Å²) in [6.07, 6.45) is 1.25. The van der Waals surface area contributed by atoms with Crippen LogP contribution in [0.5, 0.6) is 0 Å². The number of piperazine rings is 1. The molecule has 0 aliphatic carbocycles. The highest BCUT2D eigenvalue weighted by molar-refractivity contribution is 7.99. The number of halogens is 2. The minimum atomic E-state index is -2.94. The predicted octanol–water partition coefficient (Wildman–Crippen LogP) is 2.42. The summed E-state index contributed by atoms with van der Waals surface area (Å²) in [5.74, 6) is 1.34. The minimum absolute atomic E-state index is 0.109. The number of carbonyl (C=O) groups excluding carboxylic acids is 1. The van der Waals surface area contributed by atoms with Crippen LogP contribution in [-0.2, 0) is 20.4 Å². The summed E-state index contributed by atoms with van der Waals surface area (Å²) < 4.78 is 22.4.